The van der Waals surface area contributed by atoms with Crippen molar-refractivity contribution >= 4 is 45.5 Å². The summed E-state index contributed by atoms with van der Waals surface area (Å²) in [6.07, 6.45) is 1.28. The molecule has 0 aliphatic carbocycles. The number of benzene rings is 2. The number of ether oxygens (including phenoxy) is 1. The number of hydrogen-bond donors (Lipinski definition) is 0. The van der Waals surface area contributed by atoms with Crippen LogP contribution in [0.15, 0.2) is 57.6 Å². The lowest BCUT2D eigenvalue weighted by Gasteiger charge is -2.01. The molecule has 1 aliphatic heterocycles. The summed E-state index contributed by atoms with van der Waals surface area (Å²) in [5.41, 5.74) is 0.741. The number of nitrogens with zero attached hydrogens (tertiary/aromatic N) is 1. The summed E-state index contributed by atoms with van der Waals surface area (Å²) >= 11 is 9.31. The van der Waals surface area contributed by atoms with Crippen LogP contribution in [-0.2, 0) is 9.53 Å². The fourth-order valence-electron chi connectivity index (χ4n) is 1.94. The quantitative estimate of drug-likeness (QED) is 0.565. The SMILES string of the molecule is O=C1OC(c2ccccc2Br)=N/C1=C\c1c(F)cccc1Cl. The molecule has 110 valence electrons. The predicted molar refractivity (Wildman–Crippen MR) is 86.2 cm³/mol. The van der Waals surface area contributed by atoms with E-state index in [1.807, 2.05) is 6.07 Å². The van der Waals surface area contributed by atoms with Crippen LogP contribution in [0, 0.1) is 5.82 Å². The van der Waals surface area contributed by atoms with E-state index in [0.717, 1.165) is 4.47 Å². The number of hydrogen-bond acceptors (Lipinski definition) is 3. The lowest BCUT2D eigenvalue weighted by atomic mass is 10.2. The van der Waals surface area contributed by atoms with E-state index < -0.39 is 11.8 Å². The fourth-order valence-corrected chi connectivity index (χ4v) is 2.62. The van der Waals surface area contributed by atoms with Crippen LogP contribution in [0.4, 0.5) is 4.39 Å². The summed E-state index contributed by atoms with van der Waals surface area (Å²) in [5.74, 6) is -1.02. The highest BCUT2D eigenvalue weighted by Crippen LogP contribution is 2.27. The fraction of sp³-hybridized carbons (Fsp3) is 0. The number of carbonyl (C=O) groups is 1. The molecule has 1 heterocycles. The molecule has 0 amide bonds. The molecule has 3 nitrogen and oxygen atoms in total. The Morgan fingerprint density at radius 1 is 1.18 bits per heavy atom. The van der Waals surface area contributed by atoms with Crippen molar-refractivity contribution in [3.05, 3.63) is 74.6 Å². The van der Waals surface area contributed by atoms with E-state index in [1.165, 1.54) is 24.3 Å². The van der Waals surface area contributed by atoms with E-state index in [1.54, 1.807) is 18.2 Å². The predicted octanol–water partition coefficient (Wildman–Crippen LogP) is 4.59. The van der Waals surface area contributed by atoms with Crippen LogP contribution >= 0.6 is 27.5 Å². The highest BCUT2D eigenvalue weighted by Gasteiger charge is 2.26. The Morgan fingerprint density at radius 2 is 1.95 bits per heavy atom. The Morgan fingerprint density at radius 3 is 2.68 bits per heavy atom. The zero-order valence-corrected chi connectivity index (χ0v) is 13.4. The van der Waals surface area contributed by atoms with Gasteiger partial charge in [-0.3, -0.25) is 0 Å². The van der Waals surface area contributed by atoms with Crippen LogP contribution in [0.3, 0.4) is 0 Å². The molecule has 0 bridgehead atoms. The molecule has 0 aromatic heterocycles. The molecule has 0 radical (unpaired) electrons. The van der Waals surface area contributed by atoms with Crippen molar-refractivity contribution < 1.29 is 13.9 Å². The first kappa shape index (κ1) is 14.9. The van der Waals surface area contributed by atoms with Crippen LogP contribution < -0.4 is 0 Å². The van der Waals surface area contributed by atoms with Gasteiger partial charge in [0.2, 0.25) is 5.90 Å². The summed E-state index contributed by atoms with van der Waals surface area (Å²) in [4.78, 5) is 16.0. The van der Waals surface area contributed by atoms with Crippen molar-refractivity contribution in [2.75, 3.05) is 0 Å². The van der Waals surface area contributed by atoms with Crippen LogP contribution in [-0.4, -0.2) is 11.9 Å². The van der Waals surface area contributed by atoms with Crippen molar-refractivity contribution in [1.29, 1.82) is 0 Å². The largest absolute Gasteiger partial charge is 0.402 e. The zero-order chi connectivity index (χ0) is 15.7. The minimum atomic E-state index is -0.648. The van der Waals surface area contributed by atoms with Crippen molar-refractivity contribution in [3.8, 4) is 0 Å². The number of carbonyl (C=O) groups excluding carboxylic acids is 1. The Bertz CT molecular complexity index is 812. The van der Waals surface area contributed by atoms with Gasteiger partial charge in [0, 0.05) is 10.0 Å². The van der Waals surface area contributed by atoms with E-state index in [0.29, 0.717) is 5.56 Å². The minimum absolute atomic E-state index is 0.00208. The summed E-state index contributed by atoms with van der Waals surface area (Å²) in [5, 5.41) is 0.199. The minimum Gasteiger partial charge on any atom is -0.402 e. The summed E-state index contributed by atoms with van der Waals surface area (Å²) in [6.45, 7) is 0. The maximum atomic E-state index is 13.8. The number of rotatable bonds is 2. The molecule has 22 heavy (non-hydrogen) atoms. The summed E-state index contributed by atoms with van der Waals surface area (Å²) in [6, 6.07) is 11.5. The molecule has 2 aromatic carbocycles. The molecule has 0 fully saturated rings. The standard InChI is InChI=1S/C16H8BrClFNO2/c17-11-5-2-1-4-9(11)15-20-14(16(21)22-15)8-10-12(18)6-3-7-13(10)19/h1-8H/b14-8-. The highest BCUT2D eigenvalue weighted by atomic mass is 79.9. The molecule has 0 unspecified atom stereocenters. The van der Waals surface area contributed by atoms with Gasteiger partial charge in [-0.05, 0) is 46.3 Å². The van der Waals surface area contributed by atoms with Gasteiger partial charge >= 0.3 is 5.97 Å². The number of halogens is 3. The van der Waals surface area contributed by atoms with Gasteiger partial charge in [-0.15, -0.1) is 0 Å². The molecular weight excluding hydrogens is 373 g/mol. The molecule has 0 spiro atoms. The third-order valence-corrected chi connectivity index (χ3v) is 4.03. The number of esters is 1. The first-order valence-corrected chi connectivity index (χ1v) is 7.45. The first-order chi connectivity index (χ1) is 10.6. The summed E-state index contributed by atoms with van der Waals surface area (Å²) < 4.78 is 19.7. The van der Waals surface area contributed by atoms with Crippen LogP contribution in [0.2, 0.25) is 5.02 Å². The van der Waals surface area contributed by atoms with Crippen molar-refractivity contribution in [2.24, 2.45) is 4.99 Å². The van der Waals surface area contributed by atoms with Gasteiger partial charge in [-0.1, -0.05) is 29.8 Å². The van der Waals surface area contributed by atoms with Gasteiger partial charge < -0.3 is 4.74 Å². The van der Waals surface area contributed by atoms with Crippen molar-refractivity contribution in [3.63, 3.8) is 0 Å². The Hall–Kier alpha value is -1.98. The first-order valence-electron chi connectivity index (χ1n) is 6.28. The third kappa shape index (κ3) is 2.82. The molecule has 0 saturated heterocycles. The van der Waals surface area contributed by atoms with Gasteiger partial charge in [-0.25, -0.2) is 14.2 Å². The van der Waals surface area contributed by atoms with Crippen LogP contribution in [0.25, 0.3) is 6.08 Å². The van der Waals surface area contributed by atoms with E-state index in [9.17, 15) is 9.18 Å². The molecule has 0 N–H and O–H groups in total. The lowest BCUT2D eigenvalue weighted by molar-refractivity contribution is -0.129. The van der Waals surface area contributed by atoms with Crippen LogP contribution in [0.5, 0.6) is 0 Å². The molecule has 2 aromatic rings. The van der Waals surface area contributed by atoms with Gasteiger partial charge in [0.05, 0.1) is 10.6 Å². The van der Waals surface area contributed by atoms with Gasteiger partial charge in [-0.2, -0.15) is 0 Å². The molecular formula is C16H8BrClFNO2. The monoisotopic (exact) mass is 379 g/mol. The van der Waals surface area contributed by atoms with Gasteiger partial charge in [0.1, 0.15) is 5.82 Å². The smallest absolute Gasteiger partial charge is 0.363 e. The zero-order valence-electron chi connectivity index (χ0n) is 11.0. The van der Waals surface area contributed by atoms with E-state index in [4.69, 9.17) is 16.3 Å². The molecule has 1 aliphatic rings. The van der Waals surface area contributed by atoms with E-state index >= 15 is 0 Å². The van der Waals surface area contributed by atoms with E-state index in [2.05, 4.69) is 20.9 Å². The average molecular weight is 381 g/mol. The topological polar surface area (TPSA) is 38.7 Å². The Labute approximate surface area is 139 Å². The van der Waals surface area contributed by atoms with E-state index in [-0.39, 0.29) is 22.2 Å². The van der Waals surface area contributed by atoms with Gasteiger partial charge in [0.25, 0.3) is 0 Å². The highest BCUT2D eigenvalue weighted by molar-refractivity contribution is 9.10. The normalized spacial score (nSPS) is 15.9. The summed E-state index contributed by atoms with van der Waals surface area (Å²) in [7, 11) is 0. The second-order valence-corrected chi connectivity index (χ2v) is 5.71. The second-order valence-electron chi connectivity index (χ2n) is 4.45. The van der Waals surface area contributed by atoms with Crippen molar-refractivity contribution in [2.45, 2.75) is 0 Å². The van der Waals surface area contributed by atoms with Crippen LogP contribution in [0.1, 0.15) is 11.1 Å². The van der Waals surface area contributed by atoms with Crippen molar-refractivity contribution in [1.82, 2.24) is 0 Å². The lowest BCUT2D eigenvalue weighted by Crippen LogP contribution is -2.05. The number of aliphatic imine (C=N–C) groups is 1. The number of cyclic esters (lactones) is 1. The Balaban J connectivity index is 2.04. The maximum Gasteiger partial charge on any atom is 0.363 e. The molecule has 0 atom stereocenters. The second kappa shape index (κ2) is 6.02. The third-order valence-electron chi connectivity index (χ3n) is 3.01. The molecule has 6 heteroatoms. The maximum absolute atomic E-state index is 13.8. The molecule has 3 rings (SSSR count). The average Bonchev–Trinajstić information content (AvgIpc) is 2.84. The Kier molecular flexibility index (Phi) is 4.09. The molecule has 0 saturated carbocycles. The van der Waals surface area contributed by atoms with Gasteiger partial charge in [0.15, 0.2) is 5.70 Å².